The standard InChI is InChI=1S/C17H29N3S/c1-15(12-21-3)19(2)17(13-18)9-10-20(14-17)11-16-7-5-4-6-8-16/h4-8,15H,9-14,18H2,1-3H3. The van der Waals surface area contributed by atoms with Crippen LogP contribution in [0.1, 0.15) is 18.9 Å². The Morgan fingerprint density at radius 2 is 2.10 bits per heavy atom. The third-order valence-electron chi connectivity index (χ3n) is 4.86. The van der Waals surface area contributed by atoms with Gasteiger partial charge in [-0.25, -0.2) is 0 Å². The minimum absolute atomic E-state index is 0.143. The highest BCUT2D eigenvalue weighted by Gasteiger charge is 2.41. The summed E-state index contributed by atoms with van der Waals surface area (Å²) < 4.78 is 0. The molecule has 21 heavy (non-hydrogen) atoms. The van der Waals surface area contributed by atoms with Crippen LogP contribution in [0.3, 0.4) is 0 Å². The number of hydrogen-bond donors (Lipinski definition) is 1. The molecule has 0 aromatic heterocycles. The number of rotatable bonds is 7. The molecule has 2 unspecified atom stereocenters. The van der Waals surface area contributed by atoms with Gasteiger partial charge in [0.2, 0.25) is 0 Å². The average molecular weight is 308 g/mol. The Kier molecular flexibility index (Phi) is 6.11. The van der Waals surface area contributed by atoms with Gasteiger partial charge in [-0.1, -0.05) is 30.3 Å². The van der Waals surface area contributed by atoms with Crippen molar-refractivity contribution < 1.29 is 0 Å². The molecule has 0 saturated carbocycles. The van der Waals surface area contributed by atoms with Gasteiger partial charge < -0.3 is 5.73 Å². The number of thioether (sulfide) groups is 1. The molecule has 1 aliphatic rings. The van der Waals surface area contributed by atoms with Crippen LogP contribution in [0, 0.1) is 0 Å². The summed E-state index contributed by atoms with van der Waals surface area (Å²) in [6, 6.07) is 11.3. The summed E-state index contributed by atoms with van der Waals surface area (Å²) in [6.45, 7) is 6.31. The first-order valence-corrected chi connectivity index (χ1v) is 9.19. The van der Waals surface area contributed by atoms with Gasteiger partial charge in [0, 0.05) is 43.5 Å². The van der Waals surface area contributed by atoms with Gasteiger partial charge in [0.25, 0.3) is 0 Å². The molecule has 0 bridgehead atoms. The van der Waals surface area contributed by atoms with Crippen LogP contribution in [0.4, 0.5) is 0 Å². The number of hydrogen-bond acceptors (Lipinski definition) is 4. The lowest BCUT2D eigenvalue weighted by atomic mass is 9.95. The van der Waals surface area contributed by atoms with Crippen LogP contribution in [0.5, 0.6) is 0 Å². The molecule has 3 nitrogen and oxygen atoms in total. The summed E-state index contributed by atoms with van der Waals surface area (Å²) in [5.74, 6) is 1.16. The van der Waals surface area contributed by atoms with Gasteiger partial charge in [0.15, 0.2) is 0 Å². The predicted octanol–water partition coefficient (Wildman–Crippen LogP) is 2.27. The molecular weight excluding hydrogens is 278 g/mol. The number of likely N-dealkylation sites (tertiary alicyclic amines) is 1. The summed E-state index contributed by atoms with van der Waals surface area (Å²) in [7, 11) is 2.25. The lowest BCUT2D eigenvalue weighted by Crippen LogP contribution is -2.57. The zero-order chi connectivity index (χ0) is 15.3. The van der Waals surface area contributed by atoms with Gasteiger partial charge in [-0.15, -0.1) is 0 Å². The first-order valence-electron chi connectivity index (χ1n) is 7.79. The molecule has 2 N–H and O–H groups in total. The van der Waals surface area contributed by atoms with E-state index in [1.807, 2.05) is 11.8 Å². The molecule has 2 rings (SSSR count). The van der Waals surface area contributed by atoms with Crippen molar-refractivity contribution in [3.63, 3.8) is 0 Å². The Morgan fingerprint density at radius 3 is 2.71 bits per heavy atom. The van der Waals surface area contributed by atoms with Crippen LogP contribution in [-0.2, 0) is 6.54 Å². The molecule has 1 saturated heterocycles. The third kappa shape index (κ3) is 4.01. The van der Waals surface area contributed by atoms with Crippen molar-refractivity contribution in [1.82, 2.24) is 9.80 Å². The fourth-order valence-electron chi connectivity index (χ4n) is 3.34. The fourth-order valence-corrected chi connectivity index (χ4v) is 4.04. The van der Waals surface area contributed by atoms with Gasteiger partial charge in [-0.3, -0.25) is 9.80 Å². The molecule has 2 atom stereocenters. The normalized spacial score (nSPS) is 24.6. The molecular formula is C17H29N3S. The Balaban J connectivity index is 2.00. The van der Waals surface area contributed by atoms with Crippen LogP contribution < -0.4 is 5.73 Å². The summed E-state index contributed by atoms with van der Waals surface area (Å²) in [5, 5.41) is 0. The first-order chi connectivity index (χ1) is 10.1. The molecule has 1 aromatic rings. The van der Waals surface area contributed by atoms with Crippen LogP contribution in [0.2, 0.25) is 0 Å². The van der Waals surface area contributed by atoms with Crippen molar-refractivity contribution >= 4 is 11.8 Å². The van der Waals surface area contributed by atoms with E-state index in [4.69, 9.17) is 5.73 Å². The van der Waals surface area contributed by atoms with Crippen LogP contribution in [0.15, 0.2) is 30.3 Å². The zero-order valence-electron chi connectivity index (χ0n) is 13.6. The largest absolute Gasteiger partial charge is 0.329 e. The maximum absolute atomic E-state index is 6.18. The second-order valence-electron chi connectivity index (χ2n) is 6.29. The van der Waals surface area contributed by atoms with Gasteiger partial charge in [0.1, 0.15) is 0 Å². The van der Waals surface area contributed by atoms with Crippen molar-refractivity contribution in [2.75, 3.05) is 38.7 Å². The van der Waals surface area contributed by atoms with E-state index in [0.717, 1.165) is 31.9 Å². The average Bonchev–Trinajstić information content (AvgIpc) is 2.92. The highest BCUT2D eigenvalue weighted by molar-refractivity contribution is 7.98. The monoisotopic (exact) mass is 307 g/mol. The fraction of sp³-hybridized carbons (Fsp3) is 0.647. The molecule has 1 fully saturated rings. The second-order valence-corrected chi connectivity index (χ2v) is 7.20. The molecule has 4 heteroatoms. The Labute approximate surface area is 133 Å². The highest BCUT2D eigenvalue weighted by Crippen LogP contribution is 2.29. The topological polar surface area (TPSA) is 32.5 Å². The molecule has 0 amide bonds. The Bertz CT molecular complexity index is 425. The van der Waals surface area contributed by atoms with Crippen molar-refractivity contribution in [2.24, 2.45) is 5.73 Å². The minimum atomic E-state index is 0.143. The van der Waals surface area contributed by atoms with Crippen molar-refractivity contribution in [1.29, 1.82) is 0 Å². The summed E-state index contributed by atoms with van der Waals surface area (Å²) in [6.07, 6.45) is 3.35. The zero-order valence-corrected chi connectivity index (χ0v) is 14.4. The van der Waals surface area contributed by atoms with E-state index in [2.05, 4.69) is 60.4 Å². The predicted molar refractivity (Wildman–Crippen MR) is 93.7 cm³/mol. The van der Waals surface area contributed by atoms with E-state index in [9.17, 15) is 0 Å². The van der Waals surface area contributed by atoms with E-state index in [1.165, 1.54) is 12.0 Å². The number of benzene rings is 1. The Morgan fingerprint density at radius 1 is 1.38 bits per heavy atom. The lowest BCUT2D eigenvalue weighted by molar-refractivity contribution is 0.0982. The van der Waals surface area contributed by atoms with E-state index in [0.29, 0.717) is 6.04 Å². The Hall–Kier alpha value is -0.550. The van der Waals surface area contributed by atoms with Crippen LogP contribution >= 0.6 is 11.8 Å². The summed E-state index contributed by atoms with van der Waals surface area (Å²) in [4.78, 5) is 5.07. The van der Waals surface area contributed by atoms with E-state index in [-0.39, 0.29) is 5.54 Å². The number of likely N-dealkylation sites (N-methyl/N-ethyl adjacent to an activating group) is 1. The second kappa shape index (κ2) is 7.63. The maximum atomic E-state index is 6.18. The van der Waals surface area contributed by atoms with Gasteiger partial charge in [-0.05, 0) is 32.2 Å². The van der Waals surface area contributed by atoms with E-state index >= 15 is 0 Å². The molecule has 0 spiro atoms. The van der Waals surface area contributed by atoms with Gasteiger partial charge >= 0.3 is 0 Å². The number of nitrogens with zero attached hydrogens (tertiary/aromatic N) is 2. The van der Waals surface area contributed by atoms with Crippen LogP contribution in [0.25, 0.3) is 0 Å². The van der Waals surface area contributed by atoms with E-state index < -0.39 is 0 Å². The number of nitrogens with two attached hydrogens (primary N) is 1. The van der Waals surface area contributed by atoms with Crippen LogP contribution in [-0.4, -0.2) is 60.1 Å². The quantitative estimate of drug-likeness (QED) is 0.837. The maximum Gasteiger partial charge on any atom is 0.0470 e. The minimum Gasteiger partial charge on any atom is -0.329 e. The molecule has 0 aliphatic carbocycles. The first kappa shape index (κ1) is 16.8. The molecule has 1 aliphatic heterocycles. The summed E-state index contributed by atoms with van der Waals surface area (Å²) in [5.41, 5.74) is 7.72. The van der Waals surface area contributed by atoms with Gasteiger partial charge in [-0.2, -0.15) is 11.8 Å². The van der Waals surface area contributed by atoms with Gasteiger partial charge in [0.05, 0.1) is 0 Å². The molecule has 118 valence electrons. The lowest BCUT2D eigenvalue weighted by Gasteiger charge is -2.41. The van der Waals surface area contributed by atoms with E-state index in [1.54, 1.807) is 0 Å². The SMILES string of the molecule is CSCC(C)N(C)C1(CN)CCN(Cc2ccccc2)C1. The molecule has 0 radical (unpaired) electrons. The highest BCUT2D eigenvalue weighted by atomic mass is 32.2. The molecule has 1 aromatic carbocycles. The smallest absolute Gasteiger partial charge is 0.0470 e. The summed E-state index contributed by atoms with van der Waals surface area (Å²) >= 11 is 1.91. The molecule has 1 heterocycles. The van der Waals surface area contributed by atoms with Crippen molar-refractivity contribution in [3.8, 4) is 0 Å². The van der Waals surface area contributed by atoms with Crippen molar-refractivity contribution in [3.05, 3.63) is 35.9 Å². The van der Waals surface area contributed by atoms with Crippen molar-refractivity contribution in [2.45, 2.75) is 31.5 Å². The third-order valence-corrected chi connectivity index (χ3v) is 5.67.